The van der Waals surface area contributed by atoms with Gasteiger partial charge in [-0.1, -0.05) is 0 Å². The number of methoxy groups -OCH3 is 2. The van der Waals surface area contributed by atoms with Crippen molar-refractivity contribution < 1.29 is 18.3 Å². The second kappa shape index (κ2) is 5.47. The van der Waals surface area contributed by atoms with Crippen LogP contribution in [0.1, 0.15) is 13.8 Å². The lowest BCUT2D eigenvalue weighted by Crippen LogP contribution is -2.52. The zero-order chi connectivity index (χ0) is 10.5. The summed E-state index contributed by atoms with van der Waals surface area (Å²) in [5, 5.41) is 2.66. The Bertz CT molecular complexity index is 138. The summed E-state index contributed by atoms with van der Waals surface area (Å²) >= 11 is 0. The summed E-state index contributed by atoms with van der Waals surface area (Å²) in [4.78, 5) is 0. The van der Waals surface area contributed by atoms with Crippen LogP contribution < -0.4 is 5.32 Å². The lowest BCUT2D eigenvalue weighted by Gasteiger charge is -2.32. The highest BCUT2D eigenvalue weighted by Gasteiger charge is 2.29. The van der Waals surface area contributed by atoms with Gasteiger partial charge in [0.25, 0.3) is 6.43 Å². The number of alkyl halides is 2. The Hall–Kier alpha value is -0.260. The number of hydrogen-bond acceptors (Lipinski definition) is 3. The van der Waals surface area contributed by atoms with Gasteiger partial charge >= 0.3 is 0 Å². The van der Waals surface area contributed by atoms with Gasteiger partial charge in [-0.3, -0.25) is 0 Å². The normalized spacial score (nSPS) is 12.9. The van der Waals surface area contributed by atoms with E-state index >= 15 is 0 Å². The maximum Gasteiger partial charge on any atom is 0.250 e. The van der Waals surface area contributed by atoms with E-state index < -0.39 is 18.3 Å². The zero-order valence-corrected chi connectivity index (χ0v) is 8.43. The van der Waals surface area contributed by atoms with Crippen molar-refractivity contribution in [3.63, 3.8) is 0 Å². The standard InChI is InChI=1S/C8H17F2NO2/c1-8(2,7(12-3)13-4)11-5-6(9)10/h6-7,11H,5H2,1-4H3. The number of ether oxygens (including phenoxy) is 2. The molecular formula is C8H17F2NO2. The molecule has 0 heterocycles. The predicted molar refractivity (Wildman–Crippen MR) is 45.9 cm³/mol. The van der Waals surface area contributed by atoms with E-state index in [2.05, 4.69) is 5.32 Å². The van der Waals surface area contributed by atoms with Crippen molar-refractivity contribution in [2.75, 3.05) is 20.8 Å². The SMILES string of the molecule is COC(OC)C(C)(C)NCC(F)F. The Balaban J connectivity index is 4.03. The fourth-order valence-corrected chi connectivity index (χ4v) is 1.11. The average Bonchev–Trinajstić information content (AvgIpc) is 2.03. The molecule has 80 valence electrons. The number of halogens is 2. The van der Waals surface area contributed by atoms with Gasteiger partial charge in [-0.15, -0.1) is 0 Å². The molecule has 13 heavy (non-hydrogen) atoms. The third kappa shape index (κ3) is 4.50. The molecule has 5 heteroatoms. The van der Waals surface area contributed by atoms with Crippen LogP contribution in [0.15, 0.2) is 0 Å². The van der Waals surface area contributed by atoms with Crippen LogP contribution in [0.2, 0.25) is 0 Å². The quantitative estimate of drug-likeness (QED) is 0.650. The van der Waals surface area contributed by atoms with Crippen molar-refractivity contribution in [3.05, 3.63) is 0 Å². The van der Waals surface area contributed by atoms with Crippen molar-refractivity contribution >= 4 is 0 Å². The van der Waals surface area contributed by atoms with E-state index in [1.54, 1.807) is 13.8 Å². The summed E-state index contributed by atoms with van der Waals surface area (Å²) in [5.74, 6) is 0. The van der Waals surface area contributed by atoms with Gasteiger partial charge in [0.1, 0.15) is 0 Å². The Kier molecular flexibility index (Phi) is 5.36. The van der Waals surface area contributed by atoms with Crippen molar-refractivity contribution in [2.45, 2.75) is 32.1 Å². The van der Waals surface area contributed by atoms with E-state index in [1.165, 1.54) is 14.2 Å². The summed E-state index contributed by atoms with van der Waals surface area (Å²) in [6.45, 7) is 3.12. The maximum atomic E-state index is 11.9. The fourth-order valence-electron chi connectivity index (χ4n) is 1.11. The minimum absolute atomic E-state index is 0.365. The van der Waals surface area contributed by atoms with Crippen LogP contribution in [0.4, 0.5) is 8.78 Å². The summed E-state index contributed by atoms with van der Waals surface area (Å²) in [5.41, 5.74) is -0.625. The molecule has 0 aromatic heterocycles. The molecule has 0 aromatic rings. The Morgan fingerprint density at radius 3 is 2.00 bits per heavy atom. The van der Waals surface area contributed by atoms with E-state index in [1.807, 2.05) is 0 Å². The van der Waals surface area contributed by atoms with Crippen LogP contribution in [0.5, 0.6) is 0 Å². The molecular weight excluding hydrogens is 180 g/mol. The zero-order valence-electron chi connectivity index (χ0n) is 8.43. The van der Waals surface area contributed by atoms with Crippen LogP contribution in [0.3, 0.4) is 0 Å². The van der Waals surface area contributed by atoms with Gasteiger partial charge in [0, 0.05) is 14.2 Å². The van der Waals surface area contributed by atoms with Crippen molar-refractivity contribution in [3.8, 4) is 0 Å². The first-order valence-corrected chi connectivity index (χ1v) is 4.02. The summed E-state index contributed by atoms with van der Waals surface area (Å²) in [6, 6.07) is 0. The van der Waals surface area contributed by atoms with E-state index in [0.717, 1.165) is 0 Å². The summed E-state index contributed by atoms with van der Waals surface area (Å²) in [7, 11) is 2.94. The monoisotopic (exact) mass is 197 g/mol. The lowest BCUT2D eigenvalue weighted by molar-refractivity contribution is -0.148. The minimum Gasteiger partial charge on any atom is -0.354 e. The molecule has 3 nitrogen and oxygen atoms in total. The van der Waals surface area contributed by atoms with Gasteiger partial charge in [0.05, 0.1) is 12.1 Å². The molecule has 1 N–H and O–H groups in total. The Labute approximate surface area is 77.4 Å². The highest BCUT2D eigenvalue weighted by atomic mass is 19.3. The topological polar surface area (TPSA) is 30.5 Å². The Morgan fingerprint density at radius 1 is 1.23 bits per heavy atom. The van der Waals surface area contributed by atoms with E-state index in [-0.39, 0.29) is 6.54 Å². The molecule has 0 aliphatic heterocycles. The lowest BCUT2D eigenvalue weighted by atomic mass is 10.1. The van der Waals surface area contributed by atoms with Crippen molar-refractivity contribution in [1.29, 1.82) is 0 Å². The first-order valence-electron chi connectivity index (χ1n) is 4.02. The molecule has 0 saturated heterocycles. The molecule has 0 fully saturated rings. The maximum absolute atomic E-state index is 11.9. The highest BCUT2D eigenvalue weighted by molar-refractivity contribution is 4.81. The van der Waals surface area contributed by atoms with Crippen LogP contribution in [0.25, 0.3) is 0 Å². The Morgan fingerprint density at radius 2 is 1.69 bits per heavy atom. The van der Waals surface area contributed by atoms with Crippen molar-refractivity contribution in [2.24, 2.45) is 0 Å². The minimum atomic E-state index is -2.37. The highest BCUT2D eigenvalue weighted by Crippen LogP contribution is 2.13. The fraction of sp³-hybridized carbons (Fsp3) is 1.00. The summed E-state index contributed by atoms with van der Waals surface area (Å²) in [6.07, 6.45) is -2.90. The molecule has 0 aromatic carbocycles. The molecule has 0 spiro atoms. The molecule has 0 unspecified atom stereocenters. The first-order chi connectivity index (χ1) is 5.94. The molecule has 0 atom stereocenters. The van der Waals surface area contributed by atoms with Crippen LogP contribution in [-0.2, 0) is 9.47 Å². The van der Waals surface area contributed by atoms with Crippen LogP contribution in [0, 0.1) is 0 Å². The summed E-state index contributed by atoms with van der Waals surface area (Å²) < 4.78 is 33.7. The third-order valence-electron chi connectivity index (χ3n) is 1.73. The van der Waals surface area contributed by atoms with E-state index in [4.69, 9.17) is 9.47 Å². The molecule has 0 rings (SSSR count). The first kappa shape index (κ1) is 12.7. The van der Waals surface area contributed by atoms with Gasteiger partial charge < -0.3 is 14.8 Å². The van der Waals surface area contributed by atoms with E-state index in [9.17, 15) is 8.78 Å². The second-order valence-electron chi connectivity index (χ2n) is 3.30. The van der Waals surface area contributed by atoms with Gasteiger partial charge in [-0.25, -0.2) is 8.78 Å². The average molecular weight is 197 g/mol. The molecule has 0 radical (unpaired) electrons. The largest absolute Gasteiger partial charge is 0.354 e. The number of rotatable bonds is 6. The second-order valence-corrected chi connectivity index (χ2v) is 3.30. The van der Waals surface area contributed by atoms with Crippen LogP contribution >= 0.6 is 0 Å². The van der Waals surface area contributed by atoms with Crippen LogP contribution in [-0.4, -0.2) is 39.0 Å². The predicted octanol–water partition coefficient (Wildman–Crippen LogP) is 1.24. The van der Waals surface area contributed by atoms with E-state index in [0.29, 0.717) is 0 Å². The number of hydrogen-bond donors (Lipinski definition) is 1. The molecule has 0 aliphatic rings. The molecule has 0 saturated carbocycles. The third-order valence-corrected chi connectivity index (χ3v) is 1.73. The molecule has 0 aliphatic carbocycles. The van der Waals surface area contributed by atoms with Gasteiger partial charge in [0.2, 0.25) is 0 Å². The molecule has 0 amide bonds. The van der Waals surface area contributed by atoms with Gasteiger partial charge in [-0.2, -0.15) is 0 Å². The van der Waals surface area contributed by atoms with Gasteiger partial charge in [-0.05, 0) is 13.8 Å². The number of nitrogens with one attached hydrogen (secondary N) is 1. The van der Waals surface area contributed by atoms with Gasteiger partial charge in [0.15, 0.2) is 6.29 Å². The molecule has 0 bridgehead atoms. The smallest absolute Gasteiger partial charge is 0.250 e. The van der Waals surface area contributed by atoms with Crippen molar-refractivity contribution in [1.82, 2.24) is 5.32 Å².